The number of nitrogens with zero attached hydrogens (tertiary/aromatic N) is 2. The van der Waals surface area contributed by atoms with E-state index >= 15 is 0 Å². The van der Waals surface area contributed by atoms with Crippen LogP contribution >= 0.6 is 35.0 Å². The number of halogens is 2. The fourth-order valence-corrected chi connectivity index (χ4v) is 4.01. The highest BCUT2D eigenvalue weighted by Crippen LogP contribution is 2.23. The van der Waals surface area contributed by atoms with Crippen molar-refractivity contribution in [1.82, 2.24) is 9.55 Å². The molecule has 6 nitrogen and oxygen atoms in total. The fraction of sp³-hybridized carbons (Fsp3) is 0.0952. The lowest BCUT2D eigenvalue weighted by molar-refractivity contribution is -0.113. The van der Waals surface area contributed by atoms with Crippen LogP contribution in [0.15, 0.2) is 75.2 Å². The van der Waals surface area contributed by atoms with Crippen molar-refractivity contribution in [2.24, 2.45) is 0 Å². The molecule has 2 aromatic carbocycles. The Hall–Kier alpha value is -2.74. The number of para-hydroxylation sites is 1. The zero-order chi connectivity index (χ0) is 21.1. The molecule has 0 aliphatic rings. The van der Waals surface area contributed by atoms with E-state index in [0.717, 1.165) is 11.8 Å². The molecule has 0 radical (unpaired) electrons. The van der Waals surface area contributed by atoms with Gasteiger partial charge in [-0.15, -0.1) is 0 Å². The summed E-state index contributed by atoms with van der Waals surface area (Å²) in [5, 5.41) is 4.52. The molecular formula is C21H15Cl2N3O3S. The van der Waals surface area contributed by atoms with Crippen molar-refractivity contribution in [3.05, 3.63) is 87.0 Å². The summed E-state index contributed by atoms with van der Waals surface area (Å²) in [6.45, 7) is 0.200. The average Bonchev–Trinajstić information content (AvgIpc) is 3.23. The standard InChI is InChI=1S/C21H15Cl2N3O3S/c22-13-7-8-15-18(10-13)25-21(26(20(15)28)11-14-4-3-9-29-14)30-12-19(27)24-17-6-2-1-5-16(17)23/h1-10H,11-12H2,(H,24,27). The molecule has 0 aliphatic carbocycles. The lowest BCUT2D eigenvalue weighted by Gasteiger charge is -2.12. The van der Waals surface area contributed by atoms with Crippen LogP contribution in [-0.2, 0) is 11.3 Å². The molecule has 1 amide bonds. The quantitative estimate of drug-likeness (QED) is 0.321. The summed E-state index contributed by atoms with van der Waals surface area (Å²) in [7, 11) is 0. The van der Waals surface area contributed by atoms with E-state index in [1.807, 2.05) is 0 Å². The Morgan fingerprint density at radius 2 is 1.97 bits per heavy atom. The van der Waals surface area contributed by atoms with E-state index in [4.69, 9.17) is 27.6 Å². The lowest BCUT2D eigenvalue weighted by Crippen LogP contribution is -2.24. The number of anilines is 1. The third-order valence-electron chi connectivity index (χ3n) is 4.26. The number of amides is 1. The van der Waals surface area contributed by atoms with Crippen LogP contribution in [0.4, 0.5) is 5.69 Å². The van der Waals surface area contributed by atoms with Crippen LogP contribution in [0.3, 0.4) is 0 Å². The largest absolute Gasteiger partial charge is 0.467 e. The number of benzene rings is 2. The molecule has 0 bridgehead atoms. The number of fused-ring (bicyclic) bond motifs is 1. The summed E-state index contributed by atoms with van der Waals surface area (Å²) in [4.78, 5) is 30.1. The van der Waals surface area contributed by atoms with Gasteiger partial charge in [0, 0.05) is 5.02 Å². The van der Waals surface area contributed by atoms with Crippen LogP contribution in [0.2, 0.25) is 10.0 Å². The van der Waals surface area contributed by atoms with Crippen LogP contribution in [0, 0.1) is 0 Å². The summed E-state index contributed by atoms with van der Waals surface area (Å²) < 4.78 is 6.87. The molecule has 30 heavy (non-hydrogen) atoms. The van der Waals surface area contributed by atoms with Gasteiger partial charge in [-0.2, -0.15) is 0 Å². The van der Waals surface area contributed by atoms with Crippen LogP contribution in [0.5, 0.6) is 0 Å². The topological polar surface area (TPSA) is 77.1 Å². The molecule has 0 atom stereocenters. The van der Waals surface area contributed by atoms with Gasteiger partial charge in [0.15, 0.2) is 5.16 Å². The molecule has 2 aromatic heterocycles. The number of hydrogen-bond acceptors (Lipinski definition) is 5. The van der Waals surface area contributed by atoms with Crippen molar-refractivity contribution in [2.75, 3.05) is 11.1 Å². The Labute approximate surface area is 185 Å². The van der Waals surface area contributed by atoms with Crippen LogP contribution in [0.1, 0.15) is 5.76 Å². The lowest BCUT2D eigenvalue weighted by atomic mass is 10.2. The van der Waals surface area contributed by atoms with Gasteiger partial charge in [-0.05, 0) is 42.5 Å². The summed E-state index contributed by atoms with van der Waals surface area (Å²) in [6, 6.07) is 15.4. The van der Waals surface area contributed by atoms with Gasteiger partial charge < -0.3 is 9.73 Å². The monoisotopic (exact) mass is 459 g/mol. The molecule has 1 N–H and O–H groups in total. The van der Waals surface area contributed by atoms with Gasteiger partial charge in [-0.1, -0.05) is 47.1 Å². The summed E-state index contributed by atoms with van der Waals surface area (Å²) >= 11 is 13.3. The van der Waals surface area contributed by atoms with Crippen LogP contribution in [-0.4, -0.2) is 21.2 Å². The summed E-state index contributed by atoms with van der Waals surface area (Å²) in [5.74, 6) is 0.384. The number of carbonyl (C=O) groups is 1. The first-order chi connectivity index (χ1) is 14.5. The molecule has 0 aliphatic heterocycles. The third kappa shape index (κ3) is 4.53. The maximum absolute atomic E-state index is 13.1. The molecule has 0 saturated heterocycles. The minimum Gasteiger partial charge on any atom is -0.467 e. The number of carbonyl (C=O) groups excluding carboxylic acids is 1. The number of rotatable bonds is 6. The second-order valence-corrected chi connectivity index (χ2v) is 8.13. The van der Waals surface area contributed by atoms with Crippen LogP contribution in [0.25, 0.3) is 10.9 Å². The Balaban J connectivity index is 1.63. The fourth-order valence-electron chi connectivity index (χ4n) is 2.86. The molecule has 9 heteroatoms. The molecule has 4 rings (SSSR count). The molecular weight excluding hydrogens is 445 g/mol. The van der Waals surface area contributed by atoms with Crippen molar-refractivity contribution < 1.29 is 9.21 Å². The minimum atomic E-state index is -0.266. The van der Waals surface area contributed by atoms with Crippen molar-refractivity contribution in [2.45, 2.75) is 11.7 Å². The number of furan rings is 1. The first-order valence-corrected chi connectivity index (χ1v) is 10.6. The highest BCUT2D eigenvalue weighted by molar-refractivity contribution is 7.99. The molecule has 2 heterocycles. The second-order valence-electron chi connectivity index (χ2n) is 6.34. The predicted octanol–water partition coefficient (Wildman–Crippen LogP) is 5.08. The molecule has 0 unspecified atom stereocenters. The van der Waals surface area contributed by atoms with E-state index in [-0.39, 0.29) is 23.8 Å². The molecule has 0 fully saturated rings. The zero-order valence-electron chi connectivity index (χ0n) is 15.5. The number of aromatic nitrogens is 2. The SMILES string of the molecule is O=C(CSc1nc2cc(Cl)ccc2c(=O)n1Cc1ccco1)Nc1ccccc1Cl. The van der Waals surface area contributed by atoms with Gasteiger partial charge >= 0.3 is 0 Å². The predicted molar refractivity (Wildman–Crippen MR) is 120 cm³/mol. The molecule has 152 valence electrons. The first-order valence-electron chi connectivity index (χ1n) is 8.91. The van der Waals surface area contributed by atoms with E-state index < -0.39 is 0 Å². The van der Waals surface area contributed by atoms with Crippen molar-refractivity contribution >= 4 is 57.5 Å². The van der Waals surface area contributed by atoms with E-state index in [1.165, 1.54) is 4.57 Å². The average molecular weight is 460 g/mol. The van der Waals surface area contributed by atoms with Gasteiger partial charge in [0.1, 0.15) is 5.76 Å². The molecule has 0 spiro atoms. The Morgan fingerprint density at radius 3 is 2.73 bits per heavy atom. The number of hydrogen-bond donors (Lipinski definition) is 1. The van der Waals surface area contributed by atoms with Gasteiger partial charge in [0.25, 0.3) is 5.56 Å². The summed E-state index contributed by atoms with van der Waals surface area (Å²) in [6.07, 6.45) is 1.54. The van der Waals surface area contributed by atoms with E-state index in [0.29, 0.717) is 37.6 Å². The smallest absolute Gasteiger partial charge is 0.262 e. The van der Waals surface area contributed by atoms with Gasteiger partial charge in [0.2, 0.25) is 5.91 Å². The molecule has 0 saturated carbocycles. The van der Waals surface area contributed by atoms with E-state index in [2.05, 4.69) is 10.3 Å². The van der Waals surface area contributed by atoms with Crippen molar-refractivity contribution in [1.29, 1.82) is 0 Å². The zero-order valence-corrected chi connectivity index (χ0v) is 17.8. The van der Waals surface area contributed by atoms with Gasteiger partial charge in [0.05, 0.1) is 40.2 Å². The molecule has 4 aromatic rings. The Kier molecular flexibility index (Phi) is 6.13. The van der Waals surface area contributed by atoms with Crippen molar-refractivity contribution in [3.63, 3.8) is 0 Å². The Bertz CT molecular complexity index is 1270. The second kappa shape index (κ2) is 8.95. The van der Waals surface area contributed by atoms with Gasteiger partial charge in [-0.25, -0.2) is 4.98 Å². The minimum absolute atomic E-state index is 0.0435. The van der Waals surface area contributed by atoms with E-state index in [1.54, 1.807) is 60.9 Å². The Morgan fingerprint density at radius 1 is 1.13 bits per heavy atom. The normalized spacial score (nSPS) is 11.0. The van der Waals surface area contributed by atoms with Crippen molar-refractivity contribution in [3.8, 4) is 0 Å². The highest BCUT2D eigenvalue weighted by Gasteiger charge is 2.15. The third-order valence-corrected chi connectivity index (χ3v) is 5.80. The summed E-state index contributed by atoms with van der Waals surface area (Å²) in [5.41, 5.74) is 0.760. The maximum atomic E-state index is 13.1. The van der Waals surface area contributed by atoms with Crippen LogP contribution < -0.4 is 10.9 Å². The number of thioether (sulfide) groups is 1. The maximum Gasteiger partial charge on any atom is 0.262 e. The van der Waals surface area contributed by atoms with E-state index in [9.17, 15) is 9.59 Å². The number of nitrogens with one attached hydrogen (secondary N) is 1. The van der Waals surface area contributed by atoms with Gasteiger partial charge in [-0.3, -0.25) is 14.2 Å². The first kappa shape index (κ1) is 20.5. The highest BCUT2D eigenvalue weighted by atomic mass is 35.5.